The minimum Gasteiger partial charge on any atom is -0.384 e. The number of thioether (sulfide) groups is 2. The van der Waals surface area contributed by atoms with Gasteiger partial charge in [0.1, 0.15) is 0 Å². The highest BCUT2D eigenvalue weighted by Gasteiger charge is 1.95. The normalized spacial score (nSPS) is 10.4. The molecule has 0 atom stereocenters. The summed E-state index contributed by atoms with van der Waals surface area (Å²) < 4.78 is 0. The minimum atomic E-state index is 1.04. The largest absolute Gasteiger partial charge is 0.384 e. The summed E-state index contributed by atoms with van der Waals surface area (Å²) in [6.07, 6.45) is 3.13. The quantitative estimate of drug-likeness (QED) is 0.565. The van der Waals surface area contributed by atoms with Crippen LogP contribution in [0.1, 0.15) is 20.3 Å². The molecule has 0 fully saturated rings. The maximum atomic E-state index is 4.38. The van der Waals surface area contributed by atoms with Gasteiger partial charge in [-0.25, -0.2) is 4.98 Å². The first-order valence-electron chi connectivity index (χ1n) is 5.77. The lowest BCUT2D eigenvalue weighted by molar-refractivity contribution is 0.985. The first-order valence-corrected chi connectivity index (χ1v) is 7.91. The summed E-state index contributed by atoms with van der Waals surface area (Å²) in [4.78, 5) is 4.38. The smallest absolute Gasteiger partial charge is 0.0961 e. The lowest BCUT2D eigenvalue weighted by atomic mass is 10.4. The molecule has 16 heavy (non-hydrogen) atoms. The fraction of sp³-hybridized carbons (Fsp3) is 0.583. The van der Waals surface area contributed by atoms with Crippen LogP contribution in [0.3, 0.4) is 0 Å². The van der Waals surface area contributed by atoms with Gasteiger partial charge in [-0.2, -0.15) is 11.8 Å². The molecule has 0 radical (unpaired) electrons. The van der Waals surface area contributed by atoms with Crippen LogP contribution >= 0.6 is 23.5 Å². The highest BCUT2D eigenvalue weighted by molar-refractivity contribution is 7.99. The molecule has 1 heterocycles. The Balaban J connectivity index is 2.21. The number of hydrogen-bond donors (Lipinski definition) is 1. The van der Waals surface area contributed by atoms with E-state index in [9.17, 15) is 0 Å². The molecule has 0 aromatic carbocycles. The number of aromatic nitrogens is 1. The summed E-state index contributed by atoms with van der Waals surface area (Å²) in [5, 5.41) is 4.49. The fourth-order valence-electron chi connectivity index (χ4n) is 1.27. The number of hydrogen-bond acceptors (Lipinski definition) is 4. The molecule has 0 saturated carbocycles. The van der Waals surface area contributed by atoms with Crippen LogP contribution < -0.4 is 5.32 Å². The predicted octanol–water partition coefficient (Wildman–Crippen LogP) is 3.75. The van der Waals surface area contributed by atoms with E-state index in [-0.39, 0.29) is 0 Å². The van der Waals surface area contributed by atoms with Crippen LogP contribution in [0.25, 0.3) is 0 Å². The molecule has 0 spiro atoms. The van der Waals surface area contributed by atoms with Gasteiger partial charge in [0.25, 0.3) is 0 Å². The topological polar surface area (TPSA) is 24.9 Å². The number of nitrogens with one attached hydrogen (secondary N) is 1. The molecule has 0 aliphatic rings. The zero-order chi connectivity index (χ0) is 11.6. The third-order valence-corrected chi connectivity index (χ3v) is 3.84. The Morgan fingerprint density at radius 2 is 2.12 bits per heavy atom. The van der Waals surface area contributed by atoms with Gasteiger partial charge in [-0.1, -0.05) is 13.8 Å². The van der Waals surface area contributed by atoms with Crippen molar-refractivity contribution in [3.63, 3.8) is 0 Å². The molecule has 2 nitrogen and oxygen atoms in total. The first-order chi connectivity index (χ1) is 7.86. The molecule has 0 bridgehead atoms. The van der Waals surface area contributed by atoms with E-state index in [0.29, 0.717) is 0 Å². The number of nitrogens with zero attached hydrogens (tertiary/aromatic N) is 1. The lowest BCUT2D eigenvalue weighted by Crippen LogP contribution is -2.02. The fourth-order valence-corrected chi connectivity index (χ4v) is 2.49. The molecule has 1 N–H and O–H groups in total. The minimum absolute atomic E-state index is 1.04. The average Bonchev–Trinajstić information content (AvgIpc) is 2.31. The highest BCUT2D eigenvalue weighted by Crippen LogP contribution is 2.16. The number of rotatable bonds is 8. The van der Waals surface area contributed by atoms with E-state index in [1.165, 1.54) is 17.9 Å². The summed E-state index contributed by atoms with van der Waals surface area (Å²) >= 11 is 3.77. The number of pyridine rings is 1. The van der Waals surface area contributed by atoms with Crippen molar-refractivity contribution in [3.05, 3.63) is 18.3 Å². The maximum absolute atomic E-state index is 4.38. The lowest BCUT2D eigenvalue weighted by Gasteiger charge is -2.06. The summed E-state index contributed by atoms with van der Waals surface area (Å²) in [5.74, 6) is 3.53. The van der Waals surface area contributed by atoms with Gasteiger partial charge in [-0.15, -0.1) is 11.8 Å². The third-order valence-electron chi connectivity index (χ3n) is 2.03. The monoisotopic (exact) mass is 256 g/mol. The Kier molecular flexibility index (Phi) is 7.51. The average molecular weight is 256 g/mol. The molecule has 1 aromatic heterocycles. The zero-order valence-corrected chi connectivity index (χ0v) is 11.7. The highest BCUT2D eigenvalue weighted by atomic mass is 32.2. The molecule has 1 rings (SSSR count). The van der Waals surface area contributed by atoms with E-state index in [4.69, 9.17) is 0 Å². The van der Waals surface area contributed by atoms with Crippen LogP contribution in [0.2, 0.25) is 0 Å². The molecule has 0 aliphatic carbocycles. The van der Waals surface area contributed by atoms with Gasteiger partial charge < -0.3 is 5.32 Å². The third kappa shape index (κ3) is 5.66. The van der Waals surface area contributed by atoms with E-state index in [0.717, 1.165) is 23.0 Å². The molecule has 90 valence electrons. The van der Waals surface area contributed by atoms with Crippen LogP contribution in [-0.4, -0.2) is 28.8 Å². The van der Waals surface area contributed by atoms with E-state index in [2.05, 4.69) is 36.3 Å². The molecule has 0 amide bonds. The molecule has 1 aromatic rings. The SMILES string of the molecule is CCSCCCNc1ccc(SCC)nc1. The van der Waals surface area contributed by atoms with Gasteiger partial charge in [-0.3, -0.25) is 0 Å². The van der Waals surface area contributed by atoms with Gasteiger partial charge in [-0.05, 0) is 35.8 Å². The van der Waals surface area contributed by atoms with Crippen molar-refractivity contribution in [1.82, 2.24) is 4.98 Å². The zero-order valence-electron chi connectivity index (χ0n) is 10.0. The van der Waals surface area contributed by atoms with Crippen molar-refractivity contribution in [2.75, 3.05) is 29.1 Å². The Labute approximate surface area is 107 Å². The molecular weight excluding hydrogens is 236 g/mol. The molecular formula is C12H20N2S2. The van der Waals surface area contributed by atoms with Crippen molar-refractivity contribution in [2.24, 2.45) is 0 Å². The van der Waals surface area contributed by atoms with Crippen LogP contribution in [0, 0.1) is 0 Å². The summed E-state index contributed by atoms with van der Waals surface area (Å²) in [6.45, 7) is 5.38. The van der Waals surface area contributed by atoms with Crippen LogP contribution in [0.5, 0.6) is 0 Å². The second kappa shape index (κ2) is 8.76. The molecule has 0 aliphatic heterocycles. The Bertz CT molecular complexity index is 275. The molecule has 0 saturated heterocycles. The van der Waals surface area contributed by atoms with Crippen molar-refractivity contribution in [1.29, 1.82) is 0 Å². The summed E-state index contributed by atoms with van der Waals surface area (Å²) in [7, 11) is 0. The van der Waals surface area contributed by atoms with Crippen molar-refractivity contribution >= 4 is 29.2 Å². The van der Waals surface area contributed by atoms with Gasteiger partial charge in [0.2, 0.25) is 0 Å². The van der Waals surface area contributed by atoms with Crippen molar-refractivity contribution < 1.29 is 0 Å². The van der Waals surface area contributed by atoms with Crippen LogP contribution in [0.4, 0.5) is 5.69 Å². The van der Waals surface area contributed by atoms with Crippen LogP contribution in [0.15, 0.2) is 23.4 Å². The van der Waals surface area contributed by atoms with E-state index < -0.39 is 0 Å². The van der Waals surface area contributed by atoms with Gasteiger partial charge in [0.05, 0.1) is 16.9 Å². The van der Waals surface area contributed by atoms with Gasteiger partial charge >= 0.3 is 0 Å². The van der Waals surface area contributed by atoms with E-state index in [1.807, 2.05) is 18.0 Å². The Hall–Kier alpha value is -0.350. The summed E-state index contributed by atoms with van der Waals surface area (Å²) in [5.41, 5.74) is 1.13. The first kappa shape index (κ1) is 13.7. The van der Waals surface area contributed by atoms with E-state index in [1.54, 1.807) is 11.8 Å². The number of anilines is 1. The van der Waals surface area contributed by atoms with E-state index >= 15 is 0 Å². The maximum Gasteiger partial charge on any atom is 0.0961 e. The van der Waals surface area contributed by atoms with Crippen molar-refractivity contribution in [2.45, 2.75) is 25.3 Å². The summed E-state index contributed by atoms with van der Waals surface area (Å²) in [6, 6.07) is 4.19. The van der Waals surface area contributed by atoms with Gasteiger partial charge in [0.15, 0.2) is 0 Å². The van der Waals surface area contributed by atoms with Crippen LogP contribution in [-0.2, 0) is 0 Å². The van der Waals surface area contributed by atoms with Gasteiger partial charge in [0, 0.05) is 6.54 Å². The second-order valence-electron chi connectivity index (χ2n) is 3.30. The standard InChI is InChI=1S/C12H20N2S2/c1-3-15-9-5-8-13-11-6-7-12(14-10-11)16-4-2/h6-7,10,13H,3-5,8-9H2,1-2H3. The molecule has 0 unspecified atom stereocenters. The predicted molar refractivity (Wildman–Crippen MR) is 76.7 cm³/mol. The Morgan fingerprint density at radius 3 is 2.75 bits per heavy atom. The second-order valence-corrected chi connectivity index (χ2v) is 5.97. The Morgan fingerprint density at radius 1 is 1.25 bits per heavy atom. The van der Waals surface area contributed by atoms with Crippen molar-refractivity contribution in [3.8, 4) is 0 Å². The molecule has 4 heteroatoms.